The Hall–Kier alpha value is -1.18. The van der Waals surface area contributed by atoms with Crippen LogP contribution in [0.2, 0.25) is 0 Å². The molecule has 1 atom stereocenters. The van der Waals surface area contributed by atoms with Crippen LogP contribution in [0.5, 0.6) is 0 Å². The van der Waals surface area contributed by atoms with Crippen molar-refractivity contribution in [2.75, 3.05) is 38.2 Å². The lowest BCUT2D eigenvalue weighted by molar-refractivity contribution is 0.0526. The van der Waals surface area contributed by atoms with Crippen LogP contribution >= 0.6 is 23.6 Å². The van der Waals surface area contributed by atoms with Gasteiger partial charge in [0.15, 0.2) is 5.11 Å². The fraction of sp³-hybridized carbons (Fsp3) is 0.647. The third-order valence-corrected chi connectivity index (χ3v) is 6.10. The van der Waals surface area contributed by atoms with E-state index < -0.39 is 0 Å². The number of nitrogens with one attached hydrogen (secondary N) is 1. The van der Waals surface area contributed by atoms with Crippen molar-refractivity contribution in [2.24, 2.45) is 0 Å². The highest BCUT2D eigenvalue weighted by molar-refractivity contribution is 7.80. The third-order valence-electron chi connectivity index (χ3n) is 4.55. The molecule has 1 fully saturated rings. The molecule has 132 valence electrons. The van der Waals surface area contributed by atoms with E-state index in [0.717, 1.165) is 36.5 Å². The molecule has 2 aliphatic rings. The summed E-state index contributed by atoms with van der Waals surface area (Å²) in [6.07, 6.45) is 3.32. The Morgan fingerprint density at radius 2 is 2.21 bits per heavy atom. The maximum Gasteiger partial charge on any atom is 0.341 e. The Labute approximate surface area is 152 Å². The van der Waals surface area contributed by atoms with Gasteiger partial charge < -0.3 is 19.7 Å². The number of rotatable bonds is 3. The highest BCUT2D eigenvalue weighted by Crippen LogP contribution is 2.43. The van der Waals surface area contributed by atoms with E-state index in [2.05, 4.69) is 17.1 Å². The smallest absolute Gasteiger partial charge is 0.341 e. The zero-order valence-electron chi connectivity index (χ0n) is 14.2. The molecule has 3 rings (SSSR count). The second-order valence-electron chi connectivity index (χ2n) is 6.19. The van der Waals surface area contributed by atoms with E-state index in [1.54, 1.807) is 11.3 Å². The fourth-order valence-electron chi connectivity index (χ4n) is 3.35. The second kappa shape index (κ2) is 7.80. The molecule has 1 aromatic rings. The van der Waals surface area contributed by atoms with Crippen LogP contribution in [0.1, 0.15) is 53.4 Å². The molecule has 0 spiro atoms. The van der Waals surface area contributed by atoms with Crippen LogP contribution in [0.25, 0.3) is 0 Å². The number of morpholine rings is 1. The summed E-state index contributed by atoms with van der Waals surface area (Å²) in [6, 6.07) is 0. The minimum atomic E-state index is -0.240. The number of anilines is 1. The van der Waals surface area contributed by atoms with Gasteiger partial charge in [-0.3, -0.25) is 0 Å². The first-order chi connectivity index (χ1) is 11.6. The van der Waals surface area contributed by atoms with E-state index in [4.69, 9.17) is 21.7 Å². The summed E-state index contributed by atoms with van der Waals surface area (Å²) in [7, 11) is 0. The average molecular weight is 369 g/mol. The van der Waals surface area contributed by atoms with Crippen LogP contribution in [-0.2, 0) is 15.9 Å². The number of nitrogens with zero attached hydrogens (tertiary/aromatic N) is 1. The maximum atomic E-state index is 12.6. The van der Waals surface area contributed by atoms with Gasteiger partial charge in [-0.15, -0.1) is 11.3 Å². The fourth-order valence-corrected chi connectivity index (χ4v) is 5.05. The highest BCUT2D eigenvalue weighted by Gasteiger charge is 2.31. The molecule has 0 aromatic carbocycles. The van der Waals surface area contributed by atoms with E-state index in [-0.39, 0.29) is 5.97 Å². The third kappa shape index (κ3) is 3.58. The molecule has 5 nitrogen and oxygen atoms in total. The number of fused-ring (bicyclic) bond motifs is 1. The number of carbonyl (C=O) groups excluding carboxylic acids is 1. The normalized spacial score (nSPS) is 20.4. The van der Waals surface area contributed by atoms with Gasteiger partial charge in [-0.2, -0.15) is 0 Å². The molecule has 0 radical (unpaired) electrons. The molecular weight excluding hydrogens is 344 g/mol. The lowest BCUT2D eigenvalue weighted by Crippen LogP contribution is -2.42. The van der Waals surface area contributed by atoms with Gasteiger partial charge in [0.25, 0.3) is 0 Å². The molecule has 1 aliphatic heterocycles. The molecule has 24 heavy (non-hydrogen) atoms. The summed E-state index contributed by atoms with van der Waals surface area (Å²) in [5.74, 6) is 0.146. The van der Waals surface area contributed by atoms with E-state index in [1.807, 2.05) is 6.92 Å². The molecule has 2 heterocycles. The molecule has 1 saturated heterocycles. The molecule has 1 aromatic heterocycles. The van der Waals surface area contributed by atoms with Crippen LogP contribution in [0, 0.1) is 0 Å². The number of thiophene rings is 1. The lowest BCUT2D eigenvalue weighted by atomic mass is 9.86. The van der Waals surface area contributed by atoms with Crippen LogP contribution < -0.4 is 5.32 Å². The molecular formula is C17H24N2O3S2. The van der Waals surface area contributed by atoms with Crippen molar-refractivity contribution >= 4 is 39.6 Å². The van der Waals surface area contributed by atoms with E-state index in [9.17, 15) is 4.79 Å². The van der Waals surface area contributed by atoms with Crippen molar-refractivity contribution < 1.29 is 14.3 Å². The summed E-state index contributed by atoms with van der Waals surface area (Å²) >= 11 is 7.21. The van der Waals surface area contributed by atoms with Crippen molar-refractivity contribution in [2.45, 2.75) is 39.0 Å². The predicted molar refractivity (Wildman–Crippen MR) is 100 cm³/mol. The number of ether oxygens (including phenoxy) is 2. The van der Waals surface area contributed by atoms with Crippen molar-refractivity contribution in [1.82, 2.24) is 4.90 Å². The number of aryl methyl sites for hydroxylation is 1. The Kier molecular flexibility index (Phi) is 5.73. The predicted octanol–water partition coefficient (Wildman–Crippen LogP) is 3.39. The van der Waals surface area contributed by atoms with Crippen molar-refractivity contribution in [3.05, 3.63) is 16.0 Å². The van der Waals surface area contributed by atoms with E-state index >= 15 is 0 Å². The first kappa shape index (κ1) is 17.6. The van der Waals surface area contributed by atoms with Gasteiger partial charge in [0, 0.05) is 18.0 Å². The second-order valence-corrected chi connectivity index (χ2v) is 7.68. The van der Waals surface area contributed by atoms with Crippen LogP contribution in [0.15, 0.2) is 0 Å². The number of carbonyl (C=O) groups is 1. The zero-order chi connectivity index (χ0) is 17.1. The Morgan fingerprint density at radius 3 is 2.92 bits per heavy atom. The Balaban J connectivity index is 1.88. The van der Waals surface area contributed by atoms with Gasteiger partial charge in [0.2, 0.25) is 0 Å². The van der Waals surface area contributed by atoms with Gasteiger partial charge >= 0.3 is 5.97 Å². The number of hydrogen-bond donors (Lipinski definition) is 1. The Morgan fingerprint density at radius 1 is 1.46 bits per heavy atom. The molecule has 7 heteroatoms. The molecule has 1 N–H and O–H groups in total. The quantitative estimate of drug-likeness (QED) is 0.652. The molecule has 0 bridgehead atoms. The van der Waals surface area contributed by atoms with Gasteiger partial charge in [-0.05, 0) is 49.9 Å². The first-order valence-corrected chi connectivity index (χ1v) is 9.80. The maximum absolute atomic E-state index is 12.6. The van der Waals surface area contributed by atoms with Gasteiger partial charge in [0.05, 0.1) is 25.4 Å². The Bertz CT molecular complexity index is 624. The summed E-state index contributed by atoms with van der Waals surface area (Å²) in [6.45, 7) is 7.34. The molecule has 0 amide bonds. The first-order valence-electron chi connectivity index (χ1n) is 8.58. The number of hydrogen-bond acceptors (Lipinski definition) is 5. The number of esters is 1. The molecule has 0 saturated carbocycles. The average Bonchev–Trinajstić information content (AvgIpc) is 2.95. The van der Waals surface area contributed by atoms with Crippen molar-refractivity contribution in [3.63, 3.8) is 0 Å². The van der Waals surface area contributed by atoms with Gasteiger partial charge in [-0.1, -0.05) is 6.92 Å². The largest absolute Gasteiger partial charge is 0.462 e. The summed E-state index contributed by atoms with van der Waals surface area (Å²) in [5.41, 5.74) is 1.86. The summed E-state index contributed by atoms with van der Waals surface area (Å²) in [4.78, 5) is 16.0. The van der Waals surface area contributed by atoms with Crippen molar-refractivity contribution in [3.8, 4) is 0 Å². The number of thiocarbonyl (C=S) groups is 1. The molecule has 0 unspecified atom stereocenters. The van der Waals surface area contributed by atoms with Crippen LogP contribution in [0.3, 0.4) is 0 Å². The minimum Gasteiger partial charge on any atom is -0.462 e. The lowest BCUT2D eigenvalue weighted by Gasteiger charge is -2.29. The van der Waals surface area contributed by atoms with Crippen LogP contribution in [0.4, 0.5) is 5.00 Å². The van der Waals surface area contributed by atoms with Gasteiger partial charge in [-0.25, -0.2) is 4.79 Å². The highest BCUT2D eigenvalue weighted by atomic mass is 32.1. The van der Waals surface area contributed by atoms with E-state index in [0.29, 0.717) is 36.4 Å². The topological polar surface area (TPSA) is 50.8 Å². The summed E-state index contributed by atoms with van der Waals surface area (Å²) < 4.78 is 10.7. The minimum absolute atomic E-state index is 0.240. The van der Waals surface area contributed by atoms with Gasteiger partial charge in [0.1, 0.15) is 5.00 Å². The zero-order valence-corrected chi connectivity index (χ0v) is 15.9. The standard InChI is InChI=1S/C17H24N2O3S2/c1-3-22-16(20)14-13-11(2)5-4-6-12(13)24-15(14)18-17(23)19-7-9-21-10-8-19/h11H,3-10H2,1-2H3,(H,18,23)/t11-/m0/s1. The summed E-state index contributed by atoms with van der Waals surface area (Å²) in [5, 5.41) is 4.82. The molecule has 1 aliphatic carbocycles. The SMILES string of the molecule is CCOC(=O)c1c(NC(=S)N2CCOCC2)sc2c1[C@@H](C)CCC2. The van der Waals surface area contributed by atoms with Crippen LogP contribution in [-0.4, -0.2) is 48.9 Å². The monoisotopic (exact) mass is 368 g/mol. The van der Waals surface area contributed by atoms with E-state index in [1.165, 1.54) is 11.3 Å². The van der Waals surface area contributed by atoms with Crippen molar-refractivity contribution in [1.29, 1.82) is 0 Å².